The molecule has 4 heteroatoms. The minimum atomic E-state index is -0.660. The SMILES string of the molecule is NC(=O)OC1CCC(S)CC1. The summed E-state index contributed by atoms with van der Waals surface area (Å²) in [6.07, 6.45) is 3.21. The van der Waals surface area contributed by atoms with Gasteiger partial charge in [0.15, 0.2) is 0 Å². The quantitative estimate of drug-likeness (QED) is 0.590. The molecule has 0 spiro atoms. The Bertz CT molecular complexity index is 143. The van der Waals surface area contributed by atoms with E-state index in [0.29, 0.717) is 5.25 Å². The van der Waals surface area contributed by atoms with Crippen LogP contribution in [0.15, 0.2) is 0 Å². The van der Waals surface area contributed by atoms with E-state index in [0.717, 1.165) is 25.7 Å². The zero-order valence-electron chi connectivity index (χ0n) is 6.32. The number of thiol groups is 1. The van der Waals surface area contributed by atoms with Gasteiger partial charge in [0.05, 0.1) is 0 Å². The molecule has 1 aliphatic carbocycles. The average molecular weight is 175 g/mol. The molecule has 64 valence electrons. The Balaban J connectivity index is 2.22. The van der Waals surface area contributed by atoms with Gasteiger partial charge in [0.2, 0.25) is 0 Å². The fraction of sp³-hybridized carbons (Fsp3) is 0.857. The molecule has 0 bridgehead atoms. The molecule has 2 N–H and O–H groups in total. The highest BCUT2D eigenvalue weighted by Gasteiger charge is 2.20. The van der Waals surface area contributed by atoms with Gasteiger partial charge in [0.1, 0.15) is 6.10 Å². The molecule has 0 radical (unpaired) electrons. The van der Waals surface area contributed by atoms with Crippen LogP contribution >= 0.6 is 12.6 Å². The van der Waals surface area contributed by atoms with Crippen molar-refractivity contribution in [3.8, 4) is 0 Å². The first-order valence-corrected chi connectivity index (χ1v) is 4.34. The van der Waals surface area contributed by atoms with Gasteiger partial charge in [-0.05, 0) is 25.7 Å². The summed E-state index contributed by atoms with van der Waals surface area (Å²) in [6, 6.07) is 0. The van der Waals surface area contributed by atoms with Crippen molar-refractivity contribution in [1.29, 1.82) is 0 Å². The summed E-state index contributed by atoms with van der Waals surface area (Å²) < 4.78 is 4.84. The van der Waals surface area contributed by atoms with E-state index >= 15 is 0 Å². The van der Waals surface area contributed by atoms with Crippen LogP contribution in [0.1, 0.15) is 25.7 Å². The van der Waals surface area contributed by atoms with Crippen molar-refractivity contribution in [2.24, 2.45) is 5.73 Å². The van der Waals surface area contributed by atoms with Gasteiger partial charge in [-0.3, -0.25) is 0 Å². The van der Waals surface area contributed by atoms with Crippen LogP contribution in [0.4, 0.5) is 4.79 Å². The third kappa shape index (κ3) is 3.01. The summed E-state index contributed by atoms with van der Waals surface area (Å²) >= 11 is 4.32. The normalized spacial score (nSPS) is 31.4. The van der Waals surface area contributed by atoms with Gasteiger partial charge in [-0.1, -0.05) is 0 Å². The van der Waals surface area contributed by atoms with Crippen molar-refractivity contribution in [1.82, 2.24) is 0 Å². The molecule has 1 fully saturated rings. The Morgan fingerprint density at radius 3 is 2.36 bits per heavy atom. The van der Waals surface area contributed by atoms with Crippen LogP contribution in [0.25, 0.3) is 0 Å². The highest BCUT2D eigenvalue weighted by molar-refractivity contribution is 7.80. The number of nitrogens with two attached hydrogens (primary N) is 1. The predicted molar refractivity (Wildman–Crippen MR) is 45.7 cm³/mol. The van der Waals surface area contributed by atoms with Gasteiger partial charge in [-0.2, -0.15) is 12.6 Å². The van der Waals surface area contributed by atoms with Gasteiger partial charge in [0, 0.05) is 5.25 Å². The Morgan fingerprint density at radius 1 is 1.36 bits per heavy atom. The van der Waals surface area contributed by atoms with Crippen LogP contribution in [-0.2, 0) is 4.74 Å². The second-order valence-corrected chi connectivity index (χ2v) is 3.60. The van der Waals surface area contributed by atoms with Crippen LogP contribution in [-0.4, -0.2) is 17.4 Å². The van der Waals surface area contributed by atoms with E-state index in [9.17, 15) is 4.79 Å². The Labute approximate surface area is 71.7 Å². The van der Waals surface area contributed by atoms with E-state index in [2.05, 4.69) is 12.6 Å². The summed E-state index contributed by atoms with van der Waals surface area (Å²) in [4.78, 5) is 10.3. The van der Waals surface area contributed by atoms with Crippen LogP contribution in [0, 0.1) is 0 Å². The minimum Gasteiger partial charge on any atom is -0.446 e. The lowest BCUT2D eigenvalue weighted by molar-refractivity contribution is 0.0840. The van der Waals surface area contributed by atoms with E-state index in [-0.39, 0.29) is 6.10 Å². The Hall–Kier alpha value is -0.380. The third-order valence-corrected chi connectivity index (χ3v) is 2.44. The molecule has 11 heavy (non-hydrogen) atoms. The lowest BCUT2D eigenvalue weighted by Gasteiger charge is -2.24. The molecule has 1 rings (SSSR count). The van der Waals surface area contributed by atoms with Crippen molar-refractivity contribution in [3.63, 3.8) is 0 Å². The van der Waals surface area contributed by atoms with Gasteiger partial charge >= 0.3 is 6.09 Å². The van der Waals surface area contributed by atoms with Crippen LogP contribution in [0.2, 0.25) is 0 Å². The molecule has 0 aliphatic heterocycles. The molecule has 0 aromatic heterocycles. The molecule has 0 heterocycles. The number of carbonyl (C=O) groups is 1. The molecule has 0 unspecified atom stereocenters. The standard InChI is InChI=1S/C7H13NO2S/c8-7(9)10-5-1-3-6(11)4-2-5/h5-6,11H,1-4H2,(H2,8,9). The first kappa shape index (κ1) is 8.71. The smallest absolute Gasteiger partial charge is 0.404 e. The molecule has 0 aromatic carbocycles. The van der Waals surface area contributed by atoms with Crippen molar-refractivity contribution < 1.29 is 9.53 Å². The topological polar surface area (TPSA) is 52.3 Å². The van der Waals surface area contributed by atoms with Crippen LogP contribution < -0.4 is 5.73 Å². The number of hydrogen-bond donors (Lipinski definition) is 2. The van der Waals surface area contributed by atoms with Gasteiger partial charge in [-0.15, -0.1) is 0 Å². The van der Waals surface area contributed by atoms with Crippen molar-refractivity contribution in [2.45, 2.75) is 37.0 Å². The van der Waals surface area contributed by atoms with Crippen LogP contribution in [0.3, 0.4) is 0 Å². The molecule has 0 aromatic rings. The summed E-state index contributed by atoms with van der Waals surface area (Å²) in [5.74, 6) is 0. The first-order valence-electron chi connectivity index (χ1n) is 3.82. The van der Waals surface area contributed by atoms with E-state index in [1.807, 2.05) is 0 Å². The van der Waals surface area contributed by atoms with Crippen molar-refractivity contribution in [2.75, 3.05) is 0 Å². The maximum atomic E-state index is 10.3. The predicted octanol–water partition coefficient (Wildman–Crippen LogP) is 1.32. The second-order valence-electron chi connectivity index (χ2n) is 2.87. The van der Waals surface area contributed by atoms with Crippen LogP contribution in [0.5, 0.6) is 0 Å². The number of rotatable bonds is 1. The summed E-state index contributed by atoms with van der Waals surface area (Å²) in [6.45, 7) is 0. The van der Waals surface area contributed by atoms with Gasteiger partial charge in [-0.25, -0.2) is 4.79 Å². The maximum Gasteiger partial charge on any atom is 0.404 e. The zero-order chi connectivity index (χ0) is 8.27. The number of hydrogen-bond acceptors (Lipinski definition) is 3. The molecule has 0 saturated heterocycles. The molecule has 1 amide bonds. The molecular formula is C7H13NO2S. The summed E-state index contributed by atoms with van der Waals surface area (Å²) in [7, 11) is 0. The fourth-order valence-corrected chi connectivity index (χ4v) is 1.63. The van der Waals surface area contributed by atoms with Crippen molar-refractivity contribution in [3.05, 3.63) is 0 Å². The molecule has 1 saturated carbocycles. The second kappa shape index (κ2) is 3.85. The van der Waals surface area contributed by atoms with E-state index in [4.69, 9.17) is 10.5 Å². The lowest BCUT2D eigenvalue weighted by Crippen LogP contribution is -2.27. The number of amides is 1. The lowest BCUT2D eigenvalue weighted by atomic mass is 9.97. The average Bonchev–Trinajstić information content (AvgIpc) is 1.93. The third-order valence-electron chi connectivity index (χ3n) is 1.93. The highest BCUT2D eigenvalue weighted by atomic mass is 32.1. The summed E-state index contributed by atoms with van der Waals surface area (Å²) in [5.41, 5.74) is 4.88. The largest absolute Gasteiger partial charge is 0.446 e. The molecular weight excluding hydrogens is 162 g/mol. The monoisotopic (exact) mass is 175 g/mol. The Kier molecular flexibility index (Phi) is 3.05. The number of ether oxygens (including phenoxy) is 1. The highest BCUT2D eigenvalue weighted by Crippen LogP contribution is 2.24. The molecule has 3 nitrogen and oxygen atoms in total. The summed E-state index contributed by atoms with van der Waals surface area (Å²) in [5, 5.41) is 0.475. The first-order chi connectivity index (χ1) is 5.18. The molecule has 1 aliphatic rings. The fourth-order valence-electron chi connectivity index (χ4n) is 1.33. The van der Waals surface area contributed by atoms with Gasteiger partial charge in [0.25, 0.3) is 0 Å². The minimum absolute atomic E-state index is 0.0379. The van der Waals surface area contributed by atoms with Crippen molar-refractivity contribution >= 4 is 18.7 Å². The Morgan fingerprint density at radius 2 is 1.91 bits per heavy atom. The number of primary amides is 1. The van der Waals surface area contributed by atoms with E-state index < -0.39 is 6.09 Å². The number of carbonyl (C=O) groups excluding carboxylic acids is 1. The van der Waals surface area contributed by atoms with E-state index in [1.165, 1.54) is 0 Å². The molecule has 0 atom stereocenters. The zero-order valence-corrected chi connectivity index (χ0v) is 7.22. The maximum absolute atomic E-state index is 10.3. The van der Waals surface area contributed by atoms with Gasteiger partial charge < -0.3 is 10.5 Å². The van der Waals surface area contributed by atoms with E-state index in [1.54, 1.807) is 0 Å².